The summed E-state index contributed by atoms with van der Waals surface area (Å²) in [7, 11) is 0. The Hall–Kier alpha value is -0.222. The first-order valence-corrected chi connectivity index (χ1v) is 14.2. The number of hydrogen-bond donors (Lipinski definition) is 0. The number of allylic oxidation sites excluding steroid dienone is 1. The van der Waals surface area contributed by atoms with Crippen LogP contribution in [0.4, 0.5) is 0 Å². The van der Waals surface area contributed by atoms with Crippen molar-refractivity contribution in [3.8, 4) is 0 Å². The van der Waals surface area contributed by atoms with Crippen LogP contribution < -0.4 is 3.51 Å². The van der Waals surface area contributed by atoms with Gasteiger partial charge in [0.25, 0.3) is 0 Å². The van der Waals surface area contributed by atoms with Crippen LogP contribution in [-0.4, -0.2) is 23.0 Å². The number of hydrogen-bond acceptors (Lipinski definition) is 0. The fourth-order valence-corrected chi connectivity index (χ4v) is 5.73. The van der Waals surface area contributed by atoms with Gasteiger partial charge in [0.2, 0.25) is 0 Å². The second-order valence-electron chi connectivity index (χ2n) is 13.1. The van der Waals surface area contributed by atoms with Crippen LogP contribution in [0.1, 0.15) is 123 Å². The third kappa shape index (κ3) is 7.93. The Balaban J connectivity index is 0.000000396. The zero-order valence-electron chi connectivity index (χ0n) is 23.8. The molecule has 1 aliphatic carbocycles. The van der Waals surface area contributed by atoms with Gasteiger partial charge in [0, 0.05) is 0 Å². The molecule has 1 heteroatoms. The molecule has 1 aliphatic rings. The van der Waals surface area contributed by atoms with E-state index >= 15 is 0 Å². The number of benzene rings is 1. The van der Waals surface area contributed by atoms with Crippen molar-refractivity contribution < 1.29 is 0 Å². The van der Waals surface area contributed by atoms with Crippen molar-refractivity contribution in [1.82, 2.24) is 0 Å². The Kier molecular flexibility index (Phi) is 10.7. The SMILES string of the molecule is CC(C)CCC(C)(C)C(C)C.CCC(C)(C)CC1(C)C=Cc2c(C)c(C)c(C)[c]([Sb])c2C1. The summed E-state index contributed by atoms with van der Waals surface area (Å²) in [5.41, 5.74) is 8.84. The monoisotopic (exact) mass is 546 g/mol. The van der Waals surface area contributed by atoms with Crippen molar-refractivity contribution in [2.75, 3.05) is 0 Å². The van der Waals surface area contributed by atoms with E-state index in [2.05, 4.69) is 102 Å². The maximum absolute atomic E-state index is 2.49. The summed E-state index contributed by atoms with van der Waals surface area (Å²) in [6.07, 6.45) is 11.3. The van der Waals surface area contributed by atoms with Crippen LogP contribution in [0, 0.1) is 48.9 Å². The fourth-order valence-electron chi connectivity index (χ4n) is 4.68. The van der Waals surface area contributed by atoms with Gasteiger partial charge in [0.15, 0.2) is 0 Å². The van der Waals surface area contributed by atoms with E-state index in [1.807, 2.05) is 23.0 Å². The van der Waals surface area contributed by atoms with Crippen molar-refractivity contribution >= 4 is 32.6 Å². The van der Waals surface area contributed by atoms with Gasteiger partial charge in [0.05, 0.1) is 0 Å². The molecule has 0 aliphatic heterocycles. The Bertz CT molecular complexity index is 791. The molecule has 1 atom stereocenters. The molecule has 2 radical (unpaired) electrons. The molecule has 0 N–H and O–H groups in total. The average Bonchev–Trinajstić information content (AvgIpc) is 2.69. The van der Waals surface area contributed by atoms with Gasteiger partial charge >= 0.3 is 145 Å². The standard InChI is InChI=1S/C20H29.C11H24.Sb/c1-8-19(5,6)13-20(7)10-9-18-16(4)15(3)14(2)11-17(18)12-20;1-9(2)7-8-11(5,6)10(3)4;/h9-10H,8,12-13H2,1-7H3;9-10H,7-8H2,1-6H3;. The van der Waals surface area contributed by atoms with Gasteiger partial charge in [-0.3, -0.25) is 0 Å². The average molecular weight is 548 g/mol. The first-order chi connectivity index (χ1) is 14.5. The third-order valence-electron chi connectivity index (χ3n) is 8.50. The summed E-state index contributed by atoms with van der Waals surface area (Å²) < 4.78 is 1.56. The van der Waals surface area contributed by atoms with E-state index in [0.717, 1.165) is 11.8 Å². The molecular formula is C31H53Sb. The fraction of sp³-hybridized carbons (Fsp3) is 0.742. The zero-order valence-corrected chi connectivity index (χ0v) is 26.3. The molecule has 1 aromatic carbocycles. The Labute approximate surface area is 215 Å². The molecule has 0 saturated heterocycles. The molecule has 0 heterocycles. The van der Waals surface area contributed by atoms with Crippen LogP contribution in [-0.2, 0) is 6.42 Å². The minimum absolute atomic E-state index is 0.305. The molecule has 0 nitrogen and oxygen atoms in total. The Morgan fingerprint density at radius 3 is 2.00 bits per heavy atom. The first kappa shape index (κ1) is 29.8. The van der Waals surface area contributed by atoms with Gasteiger partial charge in [-0.25, -0.2) is 0 Å². The van der Waals surface area contributed by atoms with E-state index in [1.54, 1.807) is 9.07 Å². The van der Waals surface area contributed by atoms with Gasteiger partial charge in [-0.15, -0.1) is 0 Å². The maximum atomic E-state index is 2.49. The normalized spacial score (nSPS) is 18.6. The molecule has 0 fully saturated rings. The zero-order chi connectivity index (χ0) is 25.1. The van der Waals surface area contributed by atoms with Crippen molar-refractivity contribution in [1.29, 1.82) is 0 Å². The quantitative estimate of drug-likeness (QED) is 0.299. The summed E-state index contributed by atoms with van der Waals surface area (Å²) in [5.74, 6) is 1.66. The van der Waals surface area contributed by atoms with Crippen molar-refractivity contribution in [2.24, 2.45) is 28.1 Å². The summed E-state index contributed by atoms with van der Waals surface area (Å²) in [6, 6.07) is 0. The van der Waals surface area contributed by atoms with E-state index in [1.165, 1.54) is 54.4 Å². The van der Waals surface area contributed by atoms with Gasteiger partial charge < -0.3 is 0 Å². The second kappa shape index (κ2) is 11.5. The molecule has 0 spiro atoms. The molecule has 1 unspecified atom stereocenters. The second-order valence-corrected chi connectivity index (χ2v) is 14.3. The topological polar surface area (TPSA) is 0 Å². The van der Waals surface area contributed by atoms with E-state index < -0.39 is 0 Å². The van der Waals surface area contributed by atoms with Gasteiger partial charge in [0.1, 0.15) is 0 Å². The molecule has 32 heavy (non-hydrogen) atoms. The van der Waals surface area contributed by atoms with E-state index in [9.17, 15) is 0 Å². The van der Waals surface area contributed by atoms with Gasteiger partial charge in [-0.2, -0.15) is 0 Å². The number of rotatable bonds is 7. The summed E-state index contributed by atoms with van der Waals surface area (Å²) >= 11 is 1.90. The molecule has 2 rings (SSSR count). The molecule has 182 valence electrons. The number of fused-ring (bicyclic) bond motifs is 1. The van der Waals surface area contributed by atoms with Gasteiger partial charge in [-0.1, -0.05) is 48.0 Å². The van der Waals surface area contributed by atoms with Crippen LogP contribution in [0.5, 0.6) is 0 Å². The first-order valence-electron chi connectivity index (χ1n) is 13.0. The predicted molar refractivity (Wildman–Crippen MR) is 148 cm³/mol. The van der Waals surface area contributed by atoms with Crippen LogP contribution >= 0.6 is 0 Å². The van der Waals surface area contributed by atoms with E-state index in [-0.39, 0.29) is 0 Å². The van der Waals surface area contributed by atoms with Gasteiger partial charge in [-0.05, 0) is 23.7 Å². The minimum atomic E-state index is 0.305. The molecule has 0 saturated carbocycles. The van der Waals surface area contributed by atoms with Crippen molar-refractivity contribution in [3.63, 3.8) is 0 Å². The van der Waals surface area contributed by atoms with Crippen LogP contribution in [0.3, 0.4) is 0 Å². The van der Waals surface area contributed by atoms with Crippen molar-refractivity contribution in [3.05, 3.63) is 33.9 Å². The summed E-state index contributed by atoms with van der Waals surface area (Å²) in [4.78, 5) is 0. The third-order valence-corrected chi connectivity index (χ3v) is 10.2. The molecule has 1 aromatic rings. The predicted octanol–water partition coefficient (Wildman–Crippen LogP) is 8.91. The van der Waals surface area contributed by atoms with Crippen LogP contribution in [0.2, 0.25) is 0 Å². The summed E-state index contributed by atoms with van der Waals surface area (Å²) in [6.45, 7) is 30.4. The molecule has 0 amide bonds. The van der Waals surface area contributed by atoms with E-state index in [4.69, 9.17) is 0 Å². The Morgan fingerprint density at radius 1 is 0.969 bits per heavy atom. The van der Waals surface area contributed by atoms with E-state index in [0.29, 0.717) is 16.2 Å². The van der Waals surface area contributed by atoms with Crippen LogP contribution in [0.25, 0.3) is 6.08 Å². The molecular weight excluding hydrogens is 494 g/mol. The Morgan fingerprint density at radius 2 is 1.53 bits per heavy atom. The molecule has 0 aromatic heterocycles. The van der Waals surface area contributed by atoms with Crippen molar-refractivity contribution in [2.45, 2.75) is 122 Å². The summed E-state index contributed by atoms with van der Waals surface area (Å²) in [5, 5.41) is 0. The molecule has 0 bridgehead atoms. The van der Waals surface area contributed by atoms with Crippen LogP contribution in [0.15, 0.2) is 6.08 Å².